The fourth-order valence-electron chi connectivity index (χ4n) is 2.86. The molecule has 0 saturated heterocycles. The standard InChI is InChI=1S/C18H38O4/c1-15(2)9-6-10-16(3)11-7-12-17(4)13-8-14-18(5,21-19)22-20/h15-17,19-20H,6-14H2,1-5H3. The van der Waals surface area contributed by atoms with Gasteiger partial charge in [-0.1, -0.05) is 72.6 Å². The van der Waals surface area contributed by atoms with Crippen LogP contribution < -0.4 is 0 Å². The van der Waals surface area contributed by atoms with E-state index in [1.165, 1.54) is 45.4 Å². The molecule has 0 rings (SSSR count). The fourth-order valence-corrected chi connectivity index (χ4v) is 2.86. The molecule has 0 aromatic carbocycles. The van der Waals surface area contributed by atoms with Gasteiger partial charge < -0.3 is 0 Å². The van der Waals surface area contributed by atoms with Gasteiger partial charge in [-0.2, -0.15) is 0 Å². The zero-order chi connectivity index (χ0) is 17.0. The summed E-state index contributed by atoms with van der Waals surface area (Å²) in [5.41, 5.74) is 0. The minimum Gasteiger partial charge on any atom is -0.249 e. The number of hydrogen-bond acceptors (Lipinski definition) is 4. The highest BCUT2D eigenvalue weighted by molar-refractivity contribution is 4.63. The van der Waals surface area contributed by atoms with Crippen molar-refractivity contribution in [3.05, 3.63) is 0 Å². The molecule has 0 radical (unpaired) electrons. The van der Waals surface area contributed by atoms with Gasteiger partial charge in [0.15, 0.2) is 0 Å². The lowest BCUT2D eigenvalue weighted by molar-refractivity contribution is -0.482. The van der Waals surface area contributed by atoms with Gasteiger partial charge in [0, 0.05) is 6.42 Å². The lowest BCUT2D eigenvalue weighted by Gasteiger charge is -2.22. The monoisotopic (exact) mass is 318 g/mol. The third-order valence-electron chi connectivity index (χ3n) is 4.59. The molecule has 0 fully saturated rings. The van der Waals surface area contributed by atoms with Crippen LogP contribution in [0.25, 0.3) is 0 Å². The Hall–Kier alpha value is -0.160. The van der Waals surface area contributed by atoms with E-state index in [0.29, 0.717) is 12.3 Å². The van der Waals surface area contributed by atoms with Gasteiger partial charge in [0.2, 0.25) is 5.79 Å². The van der Waals surface area contributed by atoms with Crippen molar-refractivity contribution in [2.45, 2.75) is 98.2 Å². The van der Waals surface area contributed by atoms with Crippen LogP contribution in [0.3, 0.4) is 0 Å². The fraction of sp³-hybridized carbons (Fsp3) is 1.00. The number of rotatable bonds is 14. The summed E-state index contributed by atoms with van der Waals surface area (Å²) >= 11 is 0. The van der Waals surface area contributed by atoms with Crippen LogP contribution in [0.2, 0.25) is 0 Å². The van der Waals surface area contributed by atoms with Gasteiger partial charge in [0.05, 0.1) is 0 Å². The van der Waals surface area contributed by atoms with E-state index in [0.717, 1.165) is 24.7 Å². The third-order valence-corrected chi connectivity index (χ3v) is 4.59. The van der Waals surface area contributed by atoms with E-state index in [4.69, 9.17) is 10.5 Å². The minimum absolute atomic E-state index is 0.482. The molecule has 0 aliphatic heterocycles. The second-order valence-electron chi connectivity index (χ2n) is 7.67. The average molecular weight is 318 g/mol. The molecule has 0 spiro atoms. The van der Waals surface area contributed by atoms with Crippen molar-refractivity contribution in [3.63, 3.8) is 0 Å². The van der Waals surface area contributed by atoms with Crippen molar-refractivity contribution in [1.29, 1.82) is 0 Å². The maximum atomic E-state index is 8.67. The SMILES string of the molecule is CC(C)CCCC(C)CCCC(C)CCCC(C)(OO)OO. The Bertz CT molecular complexity index is 251. The molecule has 134 valence electrons. The van der Waals surface area contributed by atoms with Crippen molar-refractivity contribution in [3.8, 4) is 0 Å². The molecule has 0 aromatic heterocycles. The van der Waals surface area contributed by atoms with E-state index in [2.05, 4.69) is 37.5 Å². The smallest absolute Gasteiger partial charge is 0.230 e. The van der Waals surface area contributed by atoms with Crippen LogP contribution in [0.1, 0.15) is 92.4 Å². The van der Waals surface area contributed by atoms with E-state index in [1.807, 2.05) is 0 Å². The van der Waals surface area contributed by atoms with Crippen molar-refractivity contribution >= 4 is 0 Å². The molecule has 0 saturated carbocycles. The quantitative estimate of drug-likeness (QED) is 0.230. The molecular weight excluding hydrogens is 280 g/mol. The topological polar surface area (TPSA) is 58.9 Å². The van der Waals surface area contributed by atoms with Gasteiger partial charge in [-0.05, 0) is 31.1 Å². The Morgan fingerprint density at radius 3 is 1.55 bits per heavy atom. The summed E-state index contributed by atoms with van der Waals surface area (Å²) in [4.78, 5) is 8.33. The van der Waals surface area contributed by atoms with Gasteiger partial charge in [-0.3, -0.25) is 0 Å². The molecule has 2 unspecified atom stereocenters. The van der Waals surface area contributed by atoms with E-state index < -0.39 is 5.79 Å². The molecule has 0 amide bonds. The van der Waals surface area contributed by atoms with Crippen LogP contribution in [-0.2, 0) is 9.78 Å². The molecule has 4 nitrogen and oxygen atoms in total. The van der Waals surface area contributed by atoms with Gasteiger partial charge in [0.1, 0.15) is 0 Å². The molecule has 0 aliphatic carbocycles. The van der Waals surface area contributed by atoms with Gasteiger partial charge in [-0.25, -0.2) is 20.3 Å². The maximum absolute atomic E-state index is 8.67. The Morgan fingerprint density at radius 2 is 1.14 bits per heavy atom. The molecule has 0 bridgehead atoms. The van der Waals surface area contributed by atoms with Crippen LogP contribution in [0.5, 0.6) is 0 Å². The molecule has 22 heavy (non-hydrogen) atoms. The summed E-state index contributed by atoms with van der Waals surface area (Å²) in [6.45, 7) is 10.7. The molecule has 0 heterocycles. The van der Waals surface area contributed by atoms with Crippen molar-refractivity contribution in [2.75, 3.05) is 0 Å². The second-order valence-corrected chi connectivity index (χ2v) is 7.67. The predicted molar refractivity (Wildman–Crippen MR) is 90.6 cm³/mol. The first-order valence-electron chi connectivity index (χ1n) is 8.98. The highest BCUT2D eigenvalue weighted by atomic mass is 17.2. The first-order valence-corrected chi connectivity index (χ1v) is 8.98. The van der Waals surface area contributed by atoms with Gasteiger partial charge >= 0.3 is 0 Å². The van der Waals surface area contributed by atoms with E-state index >= 15 is 0 Å². The Balaban J connectivity index is 3.62. The molecule has 0 aliphatic rings. The van der Waals surface area contributed by atoms with Crippen LogP contribution in [0, 0.1) is 17.8 Å². The van der Waals surface area contributed by atoms with Crippen molar-refractivity contribution in [2.24, 2.45) is 17.8 Å². The first-order chi connectivity index (χ1) is 10.3. The third kappa shape index (κ3) is 11.4. The van der Waals surface area contributed by atoms with Crippen LogP contribution in [-0.4, -0.2) is 16.3 Å². The second kappa shape index (κ2) is 12.3. The van der Waals surface area contributed by atoms with E-state index in [-0.39, 0.29) is 0 Å². The summed E-state index contributed by atoms with van der Waals surface area (Å²) in [5.74, 6) is 1.03. The van der Waals surface area contributed by atoms with E-state index in [1.54, 1.807) is 0 Å². The minimum atomic E-state index is -1.29. The van der Waals surface area contributed by atoms with Gasteiger partial charge in [-0.15, -0.1) is 0 Å². The van der Waals surface area contributed by atoms with Crippen LogP contribution >= 0.6 is 0 Å². The zero-order valence-corrected chi connectivity index (χ0v) is 15.3. The lowest BCUT2D eigenvalue weighted by Crippen LogP contribution is -2.30. The van der Waals surface area contributed by atoms with Crippen molar-refractivity contribution < 1.29 is 20.3 Å². The predicted octanol–water partition coefficient (Wildman–Crippen LogP) is 6.12. The Labute approximate surface area is 137 Å². The highest BCUT2D eigenvalue weighted by Crippen LogP contribution is 2.24. The zero-order valence-electron chi connectivity index (χ0n) is 15.3. The van der Waals surface area contributed by atoms with Gasteiger partial charge in [0.25, 0.3) is 0 Å². The summed E-state index contributed by atoms with van der Waals surface area (Å²) in [6.07, 6.45) is 10.3. The number of hydrogen-bond donors (Lipinski definition) is 2. The summed E-state index contributed by atoms with van der Waals surface area (Å²) in [6, 6.07) is 0. The molecule has 2 atom stereocenters. The van der Waals surface area contributed by atoms with Crippen LogP contribution in [0.15, 0.2) is 0 Å². The molecule has 2 N–H and O–H groups in total. The maximum Gasteiger partial charge on any atom is 0.230 e. The summed E-state index contributed by atoms with van der Waals surface area (Å²) in [5, 5.41) is 17.3. The van der Waals surface area contributed by atoms with Crippen molar-refractivity contribution in [1.82, 2.24) is 0 Å². The lowest BCUT2D eigenvalue weighted by atomic mass is 9.91. The largest absolute Gasteiger partial charge is 0.249 e. The molecule has 4 heteroatoms. The average Bonchev–Trinajstić information content (AvgIpc) is 2.46. The molecular formula is C18H38O4. The first kappa shape index (κ1) is 21.8. The van der Waals surface area contributed by atoms with E-state index in [9.17, 15) is 0 Å². The van der Waals surface area contributed by atoms with Crippen LogP contribution in [0.4, 0.5) is 0 Å². The summed E-state index contributed by atoms with van der Waals surface area (Å²) in [7, 11) is 0. The Kier molecular flexibility index (Phi) is 12.2. The highest BCUT2D eigenvalue weighted by Gasteiger charge is 2.26. The summed E-state index contributed by atoms with van der Waals surface area (Å²) < 4.78 is 0. The normalized spacial score (nSPS) is 15.3. The Morgan fingerprint density at radius 1 is 0.727 bits per heavy atom. The molecule has 0 aromatic rings.